The highest BCUT2D eigenvalue weighted by Gasteiger charge is 2.14. The van der Waals surface area contributed by atoms with E-state index < -0.39 is 6.10 Å². The minimum absolute atomic E-state index is 0.151. The van der Waals surface area contributed by atoms with Gasteiger partial charge in [0.15, 0.2) is 0 Å². The maximum Gasteiger partial charge on any atom is 0.263 e. The van der Waals surface area contributed by atoms with E-state index in [1.165, 1.54) is 11.3 Å². The number of aromatic nitrogens is 1. The summed E-state index contributed by atoms with van der Waals surface area (Å²) in [5, 5.41) is 13.3. The number of nitrogens with zero attached hydrogens (tertiary/aromatic N) is 1. The van der Waals surface area contributed by atoms with Crippen LogP contribution in [-0.2, 0) is 0 Å². The molecule has 1 amide bonds. The lowest BCUT2D eigenvalue weighted by atomic mass is 10.1. The van der Waals surface area contributed by atoms with Crippen molar-refractivity contribution in [1.29, 1.82) is 0 Å². The first-order chi connectivity index (χ1) is 9.08. The second-order valence-corrected chi connectivity index (χ2v) is 5.34. The Morgan fingerprint density at radius 3 is 2.74 bits per heavy atom. The molecule has 2 rings (SSSR count). The molecule has 0 aliphatic rings. The van der Waals surface area contributed by atoms with E-state index in [0.717, 1.165) is 0 Å². The van der Waals surface area contributed by atoms with Crippen molar-refractivity contribution in [1.82, 2.24) is 10.3 Å². The molecule has 0 aliphatic carbocycles. The van der Waals surface area contributed by atoms with Crippen LogP contribution in [-0.4, -0.2) is 22.5 Å². The molecule has 0 saturated carbocycles. The number of amides is 1. The van der Waals surface area contributed by atoms with Crippen molar-refractivity contribution in [2.24, 2.45) is 0 Å². The molecule has 0 saturated heterocycles. The average Bonchev–Trinajstić information content (AvgIpc) is 2.83. The van der Waals surface area contributed by atoms with Crippen molar-refractivity contribution < 1.29 is 9.90 Å². The van der Waals surface area contributed by atoms with E-state index in [4.69, 9.17) is 11.6 Å². The van der Waals surface area contributed by atoms with E-state index in [0.29, 0.717) is 21.2 Å². The molecular weight excluding hydrogens is 284 g/mol. The molecule has 0 fully saturated rings. The van der Waals surface area contributed by atoms with Crippen molar-refractivity contribution in [3.05, 3.63) is 50.9 Å². The maximum atomic E-state index is 11.8. The number of benzene rings is 1. The van der Waals surface area contributed by atoms with Gasteiger partial charge in [0, 0.05) is 11.6 Å². The topological polar surface area (TPSA) is 62.2 Å². The number of carbonyl (C=O) groups excluding carboxylic acids is 1. The molecule has 1 unspecified atom stereocenters. The van der Waals surface area contributed by atoms with Crippen molar-refractivity contribution in [3.63, 3.8) is 0 Å². The normalized spacial score (nSPS) is 12.2. The zero-order chi connectivity index (χ0) is 13.8. The summed E-state index contributed by atoms with van der Waals surface area (Å²) in [6.07, 6.45) is -0.755. The lowest BCUT2D eigenvalue weighted by Gasteiger charge is -2.12. The molecule has 2 N–H and O–H groups in total. The van der Waals surface area contributed by atoms with Crippen LogP contribution < -0.4 is 5.32 Å². The van der Waals surface area contributed by atoms with Crippen LogP contribution in [0.15, 0.2) is 29.8 Å². The van der Waals surface area contributed by atoms with Crippen molar-refractivity contribution >= 4 is 28.8 Å². The van der Waals surface area contributed by atoms with Crippen LogP contribution in [0.25, 0.3) is 0 Å². The molecule has 19 heavy (non-hydrogen) atoms. The van der Waals surface area contributed by atoms with Crippen molar-refractivity contribution in [2.45, 2.75) is 13.0 Å². The monoisotopic (exact) mass is 296 g/mol. The number of aliphatic hydroxyl groups excluding tert-OH is 1. The van der Waals surface area contributed by atoms with Crippen LogP contribution in [0.5, 0.6) is 0 Å². The molecule has 0 bridgehead atoms. The standard InChI is InChI=1S/C13H13ClN2O2S/c1-8-12(19-7-16-8)13(18)15-6-11(17)9-2-4-10(14)5-3-9/h2-5,7,11,17H,6H2,1H3,(H,15,18). The summed E-state index contributed by atoms with van der Waals surface area (Å²) in [6.45, 7) is 1.93. The van der Waals surface area contributed by atoms with E-state index in [-0.39, 0.29) is 12.5 Å². The predicted octanol–water partition coefficient (Wildman–Crippen LogP) is 2.57. The summed E-state index contributed by atoms with van der Waals surface area (Å²) < 4.78 is 0. The summed E-state index contributed by atoms with van der Waals surface area (Å²) >= 11 is 7.06. The molecule has 1 aromatic carbocycles. The molecule has 4 nitrogen and oxygen atoms in total. The van der Waals surface area contributed by atoms with Gasteiger partial charge in [-0.1, -0.05) is 23.7 Å². The lowest BCUT2D eigenvalue weighted by Crippen LogP contribution is -2.28. The van der Waals surface area contributed by atoms with Crippen LogP contribution in [0.3, 0.4) is 0 Å². The zero-order valence-corrected chi connectivity index (χ0v) is 11.8. The highest BCUT2D eigenvalue weighted by molar-refractivity contribution is 7.11. The first kappa shape index (κ1) is 14.0. The quantitative estimate of drug-likeness (QED) is 0.911. The van der Waals surface area contributed by atoms with E-state index >= 15 is 0 Å². The average molecular weight is 297 g/mol. The highest BCUT2D eigenvalue weighted by Crippen LogP contribution is 2.16. The minimum Gasteiger partial charge on any atom is -0.387 e. The summed E-state index contributed by atoms with van der Waals surface area (Å²) in [5.41, 5.74) is 3.04. The van der Waals surface area contributed by atoms with Gasteiger partial charge in [-0.3, -0.25) is 4.79 Å². The van der Waals surface area contributed by atoms with Gasteiger partial charge in [-0.2, -0.15) is 0 Å². The number of thiazole rings is 1. The summed E-state index contributed by atoms with van der Waals surface area (Å²) in [4.78, 5) is 16.4. The Morgan fingerprint density at radius 1 is 1.47 bits per heavy atom. The lowest BCUT2D eigenvalue weighted by molar-refractivity contribution is 0.0919. The van der Waals surface area contributed by atoms with Gasteiger partial charge in [-0.05, 0) is 24.6 Å². The molecule has 0 aliphatic heterocycles. The van der Waals surface area contributed by atoms with Crippen LogP contribution in [0, 0.1) is 6.92 Å². The van der Waals surface area contributed by atoms with Crippen LogP contribution in [0.2, 0.25) is 5.02 Å². The van der Waals surface area contributed by atoms with Gasteiger partial charge in [0.1, 0.15) is 4.88 Å². The third-order valence-corrected chi connectivity index (χ3v) is 3.84. The third-order valence-electron chi connectivity index (χ3n) is 2.66. The number of halogens is 1. The molecule has 0 spiro atoms. The Bertz CT molecular complexity index is 568. The molecule has 6 heteroatoms. The second kappa shape index (κ2) is 6.14. The fourth-order valence-electron chi connectivity index (χ4n) is 1.59. The molecule has 1 heterocycles. The van der Waals surface area contributed by atoms with Crippen LogP contribution >= 0.6 is 22.9 Å². The number of hydrogen-bond donors (Lipinski definition) is 2. The molecule has 2 aromatic rings. The highest BCUT2D eigenvalue weighted by atomic mass is 35.5. The van der Waals surface area contributed by atoms with E-state index in [1.54, 1.807) is 36.7 Å². The largest absolute Gasteiger partial charge is 0.387 e. The summed E-state index contributed by atoms with van der Waals surface area (Å²) in [5.74, 6) is -0.215. The number of aliphatic hydroxyl groups is 1. The Labute approximate surface area is 120 Å². The van der Waals surface area contributed by atoms with Crippen LogP contribution in [0.1, 0.15) is 27.0 Å². The zero-order valence-electron chi connectivity index (χ0n) is 10.3. The second-order valence-electron chi connectivity index (χ2n) is 4.04. The fraction of sp³-hybridized carbons (Fsp3) is 0.231. The SMILES string of the molecule is Cc1ncsc1C(=O)NCC(O)c1ccc(Cl)cc1. The smallest absolute Gasteiger partial charge is 0.263 e. The number of hydrogen-bond acceptors (Lipinski definition) is 4. The first-order valence-electron chi connectivity index (χ1n) is 5.69. The molecule has 100 valence electrons. The minimum atomic E-state index is -0.755. The van der Waals surface area contributed by atoms with Gasteiger partial charge in [-0.15, -0.1) is 11.3 Å². The Kier molecular flexibility index (Phi) is 4.52. The van der Waals surface area contributed by atoms with Gasteiger partial charge < -0.3 is 10.4 Å². The van der Waals surface area contributed by atoms with Crippen molar-refractivity contribution in [2.75, 3.05) is 6.54 Å². The molecular formula is C13H13ClN2O2S. The van der Waals surface area contributed by atoms with Crippen molar-refractivity contribution in [3.8, 4) is 0 Å². The van der Waals surface area contributed by atoms with E-state index in [2.05, 4.69) is 10.3 Å². The van der Waals surface area contributed by atoms with Gasteiger partial charge in [0.2, 0.25) is 0 Å². The van der Waals surface area contributed by atoms with E-state index in [9.17, 15) is 9.90 Å². The molecule has 1 aromatic heterocycles. The Balaban J connectivity index is 1.94. The predicted molar refractivity (Wildman–Crippen MR) is 75.6 cm³/mol. The summed E-state index contributed by atoms with van der Waals surface area (Å²) in [7, 11) is 0. The van der Waals surface area contributed by atoms with Crippen LogP contribution in [0.4, 0.5) is 0 Å². The number of carbonyl (C=O) groups is 1. The number of aryl methyl sites for hydroxylation is 1. The van der Waals surface area contributed by atoms with Gasteiger partial charge in [0.25, 0.3) is 5.91 Å². The van der Waals surface area contributed by atoms with Gasteiger partial charge in [0.05, 0.1) is 17.3 Å². The first-order valence-corrected chi connectivity index (χ1v) is 6.95. The molecule has 1 atom stereocenters. The molecule has 0 radical (unpaired) electrons. The van der Waals surface area contributed by atoms with Gasteiger partial charge in [-0.25, -0.2) is 4.98 Å². The Hall–Kier alpha value is -1.43. The number of rotatable bonds is 4. The van der Waals surface area contributed by atoms with Gasteiger partial charge >= 0.3 is 0 Å². The summed E-state index contributed by atoms with van der Waals surface area (Å²) in [6, 6.07) is 6.87. The fourth-order valence-corrected chi connectivity index (χ4v) is 2.44. The third kappa shape index (κ3) is 3.53. The number of nitrogens with one attached hydrogen (secondary N) is 1. The maximum absolute atomic E-state index is 11.8. The Morgan fingerprint density at radius 2 is 2.16 bits per heavy atom. The van der Waals surface area contributed by atoms with E-state index in [1.807, 2.05) is 0 Å².